The molecule has 1 atom stereocenters. The molecular weight excluding hydrogens is 194 g/mol. The Labute approximate surface area is 91.1 Å². The minimum Gasteiger partial charge on any atom is -0.465 e. The fraction of sp³-hybridized carbons (Fsp3) is 0.818. The third-order valence-corrected chi connectivity index (χ3v) is 2.41. The van der Waals surface area contributed by atoms with Gasteiger partial charge in [-0.25, -0.2) is 4.79 Å². The molecule has 0 fully saturated rings. The highest BCUT2D eigenvalue weighted by atomic mass is 16.4. The largest absolute Gasteiger partial charge is 0.465 e. The van der Waals surface area contributed by atoms with Crippen molar-refractivity contribution in [2.75, 3.05) is 0 Å². The van der Waals surface area contributed by atoms with Crippen LogP contribution in [0.25, 0.3) is 0 Å². The molecule has 0 spiro atoms. The molecule has 88 valence electrons. The van der Waals surface area contributed by atoms with E-state index in [1.807, 2.05) is 5.32 Å². The maximum atomic E-state index is 11.0. The summed E-state index contributed by atoms with van der Waals surface area (Å²) >= 11 is 0. The van der Waals surface area contributed by atoms with E-state index < -0.39 is 12.0 Å². The fourth-order valence-corrected chi connectivity index (χ4v) is 1.45. The van der Waals surface area contributed by atoms with Crippen LogP contribution in [0.1, 0.15) is 52.4 Å². The smallest absolute Gasteiger partial charge is 0.411 e. The van der Waals surface area contributed by atoms with Crippen molar-refractivity contribution in [3.8, 4) is 0 Å². The third kappa shape index (κ3) is 9.25. The Morgan fingerprint density at radius 1 is 1.27 bits per heavy atom. The SMILES string of the molecule is CCCCC[C@@H](C)CCC(=O)NC(=O)O. The lowest BCUT2D eigenvalue weighted by atomic mass is 9.98. The molecule has 2 N–H and O–H groups in total. The van der Waals surface area contributed by atoms with E-state index in [1.165, 1.54) is 19.3 Å². The van der Waals surface area contributed by atoms with Crippen molar-refractivity contribution >= 4 is 12.0 Å². The molecule has 4 nitrogen and oxygen atoms in total. The summed E-state index contributed by atoms with van der Waals surface area (Å²) in [6, 6.07) is 0. The molecule has 0 aliphatic heterocycles. The number of amides is 2. The van der Waals surface area contributed by atoms with Gasteiger partial charge >= 0.3 is 6.09 Å². The van der Waals surface area contributed by atoms with E-state index in [0.29, 0.717) is 12.3 Å². The minimum atomic E-state index is -1.27. The standard InChI is InChI=1S/C11H21NO3/c1-3-4-5-6-9(2)7-8-10(13)12-11(14)15/h9H,3-8H2,1-2H3,(H,12,13)(H,14,15)/t9-/m1/s1. The van der Waals surface area contributed by atoms with E-state index in [2.05, 4.69) is 13.8 Å². The summed E-state index contributed by atoms with van der Waals surface area (Å²) in [5, 5.41) is 10.1. The molecule has 0 radical (unpaired) electrons. The number of nitrogens with one attached hydrogen (secondary N) is 1. The summed E-state index contributed by atoms with van der Waals surface area (Å²) < 4.78 is 0. The first kappa shape index (κ1) is 13.9. The first-order valence-corrected chi connectivity index (χ1v) is 5.59. The van der Waals surface area contributed by atoms with Crippen LogP contribution in [0.2, 0.25) is 0 Å². The molecule has 0 bridgehead atoms. The molecule has 0 aromatic carbocycles. The maximum Gasteiger partial charge on any atom is 0.411 e. The average Bonchev–Trinajstić information content (AvgIpc) is 2.14. The highest BCUT2D eigenvalue weighted by Crippen LogP contribution is 2.14. The highest BCUT2D eigenvalue weighted by Gasteiger charge is 2.08. The predicted octanol–water partition coefficient (Wildman–Crippen LogP) is 2.78. The van der Waals surface area contributed by atoms with Crippen molar-refractivity contribution in [1.82, 2.24) is 5.32 Å². The predicted molar refractivity (Wildman–Crippen MR) is 58.7 cm³/mol. The number of hydrogen-bond acceptors (Lipinski definition) is 2. The molecule has 0 rings (SSSR count). The lowest BCUT2D eigenvalue weighted by Crippen LogP contribution is -2.28. The maximum absolute atomic E-state index is 11.0. The van der Waals surface area contributed by atoms with Gasteiger partial charge in [0.25, 0.3) is 0 Å². The summed E-state index contributed by atoms with van der Waals surface area (Å²) in [7, 11) is 0. The van der Waals surface area contributed by atoms with Crippen LogP contribution in [-0.4, -0.2) is 17.1 Å². The zero-order valence-corrected chi connectivity index (χ0v) is 9.58. The summed E-state index contributed by atoms with van der Waals surface area (Å²) in [4.78, 5) is 21.1. The van der Waals surface area contributed by atoms with Gasteiger partial charge in [-0.3, -0.25) is 10.1 Å². The molecule has 0 aromatic rings. The quantitative estimate of drug-likeness (QED) is 0.642. The van der Waals surface area contributed by atoms with Crippen LogP contribution >= 0.6 is 0 Å². The van der Waals surface area contributed by atoms with Crippen molar-refractivity contribution in [2.45, 2.75) is 52.4 Å². The second-order valence-electron chi connectivity index (χ2n) is 3.99. The Morgan fingerprint density at radius 2 is 1.93 bits per heavy atom. The second-order valence-corrected chi connectivity index (χ2v) is 3.99. The summed E-state index contributed by atoms with van der Waals surface area (Å²) in [6.45, 7) is 4.26. The molecule has 0 saturated carbocycles. The number of carbonyl (C=O) groups excluding carboxylic acids is 1. The van der Waals surface area contributed by atoms with Crippen molar-refractivity contribution in [3.05, 3.63) is 0 Å². The van der Waals surface area contributed by atoms with Gasteiger partial charge in [-0.2, -0.15) is 0 Å². The van der Waals surface area contributed by atoms with Gasteiger partial charge in [0.1, 0.15) is 0 Å². The van der Waals surface area contributed by atoms with E-state index in [1.54, 1.807) is 0 Å². The normalized spacial score (nSPS) is 12.1. The Balaban J connectivity index is 3.48. The molecule has 0 aromatic heterocycles. The fourth-order valence-electron chi connectivity index (χ4n) is 1.45. The summed E-state index contributed by atoms with van der Waals surface area (Å²) in [5.74, 6) is 0.0981. The number of rotatable bonds is 7. The van der Waals surface area contributed by atoms with Gasteiger partial charge < -0.3 is 5.11 Å². The number of hydrogen-bond donors (Lipinski definition) is 2. The number of unbranched alkanes of at least 4 members (excludes halogenated alkanes) is 2. The Kier molecular flexibility index (Phi) is 7.68. The van der Waals surface area contributed by atoms with Crippen LogP contribution < -0.4 is 5.32 Å². The highest BCUT2D eigenvalue weighted by molar-refractivity contribution is 5.90. The topological polar surface area (TPSA) is 66.4 Å². The zero-order chi connectivity index (χ0) is 11.7. The van der Waals surface area contributed by atoms with Gasteiger partial charge in [0.2, 0.25) is 5.91 Å². The lowest BCUT2D eigenvalue weighted by Gasteiger charge is -2.09. The number of carboxylic acid groups (broad SMARTS) is 1. The van der Waals surface area contributed by atoms with E-state index in [0.717, 1.165) is 12.8 Å². The zero-order valence-electron chi connectivity index (χ0n) is 9.58. The summed E-state index contributed by atoms with van der Waals surface area (Å²) in [6.07, 6.45) is 4.55. The number of imide groups is 1. The van der Waals surface area contributed by atoms with Gasteiger partial charge in [0.05, 0.1) is 0 Å². The van der Waals surface area contributed by atoms with Gasteiger partial charge in [-0.1, -0.05) is 39.5 Å². The molecule has 15 heavy (non-hydrogen) atoms. The molecule has 0 heterocycles. The minimum absolute atomic E-state index is 0.305. The van der Waals surface area contributed by atoms with E-state index in [4.69, 9.17) is 5.11 Å². The Morgan fingerprint density at radius 3 is 2.47 bits per heavy atom. The van der Waals surface area contributed by atoms with E-state index >= 15 is 0 Å². The number of carbonyl (C=O) groups is 2. The third-order valence-electron chi connectivity index (χ3n) is 2.41. The Hall–Kier alpha value is -1.06. The van der Waals surface area contributed by atoms with Crippen LogP contribution in [0.3, 0.4) is 0 Å². The lowest BCUT2D eigenvalue weighted by molar-refractivity contribution is -0.120. The van der Waals surface area contributed by atoms with Gasteiger partial charge in [-0.15, -0.1) is 0 Å². The Bertz CT molecular complexity index is 204. The van der Waals surface area contributed by atoms with Gasteiger partial charge in [0.15, 0.2) is 0 Å². The van der Waals surface area contributed by atoms with E-state index in [9.17, 15) is 9.59 Å². The van der Waals surface area contributed by atoms with Crippen molar-refractivity contribution < 1.29 is 14.7 Å². The summed E-state index contributed by atoms with van der Waals surface area (Å²) in [5.41, 5.74) is 0. The first-order chi connectivity index (χ1) is 7.06. The van der Waals surface area contributed by atoms with Crippen LogP contribution in [0, 0.1) is 5.92 Å². The van der Waals surface area contributed by atoms with E-state index in [-0.39, 0.29) is 0 Å². The van der Waals surface area contributed by atoms with Crippen molar-refractivity contribution in [1.29, 1.82) is 0 Å². The molecule has 0 saturated heterocycles. The van der Waals surface area contributed by atoms with Crippen LogP contribution in [0.4, 0.5) is 4.79 Å². The van der Waals surface area contributed by atoms with Crippen LogP contribution in [-0.2, 0) is 4.79 Å². The van der Waals surface area contributed by atoms with Gasteiger partial charge in [0, 0.05) is 6.42 Å². The first-order valence-electron chi connectivity index (χ1n) is 5.59. The molecular formula is C11H21NO3. The molecule has 0 aliphatic rings. The monoisotopic (exact) mass is 215 g/mol. The molecule has 2 amide bonds. The molecule has 0 unspecified atom stereocenters. The molecule has 4 heteroatoms. The average molecular weight is 215 g/mol. The second kappa shape index (κ2) is 8.26. The van der Waals surface area contributed by atoms with Crippen molar-refractivity contribution in [2.24, 2.45) is 5.92 Å². The van der Waals surface area contributed by atoms with Crippen molar-refractivity contribution in [3.63, 3.8) is 0 Å². The van der Waals surface area contributed by atoms with Crippen LogP contribution in [0.5, 0.6) is 0 Å². The molecule has 0 aliphatic carbocycles. The van der Waals surface area contributed by atoms with Gasteiger partial charge in [-0.05, 0) is 12.3 Å². The van der Waals surface area contributed by atoms with Crippen LogP contribution in [0.15, 0.2) is 0 Å².